The SMILES string of the molecule is COc1c(C)cnc(CC(CN)(CO)C(C)C)c1C. The first-order chi connectivity index (χ1) is 8.91. The monoisotopic (exact) mass is 266 g/mol. The molecule has 1 rings (SSSR count). The Morgan fingerprint density at radius 2 is 2.05 bits per heavy atom. The van der Waals surface area contributed by atoms with Gasteiger partial charge in [-0.05, 0) is 26.2 Å². The van der Waals surface area contributed by atoms with Crippen molar-refractivity contribution in [3.63, 3.8) is 0 Å². The Balaban J connectivity index is 3.18. The molecular formula is C15H26N2O2. The van der Waals surface area contributed by atoms with Crippen LogP contribution in [0.4, 0.5) is 0 Å². The summed E-state index contributed by atoms with van der Waals surface area (Å²) < 4.78 is 5.42. The van der Waals surface area contributed by atoms with Crippen molar-refractivity contribution in [2.24, 2.45) is 17.1 Å². The summed E-state index contributed by atoms with van der Waals surface area (Å²) in [6.45, 7) is 8.67. The maximum absolute atomic E-state index is 9.74. The summed E-state index contributed by atoms with van der Waals surface area (Å²) in [7, 11) is 1.67. The number of aliphatic hydroxyl groups is 1. The number of pyridine rings is 1. The van der Waals surface area contributed by atoms with Crippen molar-refractivity contribution >= 4 is 0 Å². The first kappa shape index (κ1) is 15.9. The molecule has 4 nitrogen and oxygen atoms in total. The van der Waals surface area contributed by atoms with Crippen LogP contribution in [0.25, 0.3) is 0 Å². The number of nitrogens with zero attached hydrogens (tertiary/aromatic N) is 1. The summed E-state index contributed by atoms with van der Waals surface area (Å²) >= 11 is 0. The van der Waals surface area contributed by atoms with Crippen LogP contribution in [0, 0.1) is 25.2 Å². The Bertz CT molecular complexity index is 426. The second-order valence-corrected chi connectivity index (χ2v) is 5.60. The number of hydrogen-bond acceptors (Lipinski definition) is 4. The number of methoxy groups -OCH3 is 1. The first-order valence-corrected chi connectivity index (χ1v) is 6.71. The van der Waals surface area contributed by atoms with Crippen LogP contribution in [0.3, 0.4) is 0 Å². The topological polar surface area (TPSA) is 68.4 Å². The Kier molecular flexibility index (Phi) is 5.32. The molecule has 108 valence electrons. The first-order valence-electron chi connectivity index (χ1n) is 6.71. The number of aliphatic hydroxyl groups excluding tert-OH is 1. The molecule has 1 heterocycles. The smallest absolute Gasteiger partial charge is 0.128 e. The second kappa shape index (κ2) is 6.35. The van der Waals surface area contributed by atoms with E-state index in [9.17, 15) is 5.11 Å². The number of hydrogen-bond donors (Lipinski definition) is 2. The molecule has 0 saturated heterocycles. The highest BCUT2D eigenvalue weighted by molar-refractivity contribution is 5.41. The largest absolute Gasteiger partial charge is 0.496 e. The highest BCUT2D eigenvalue weighted by Gasteiger charge is 2.33. The van der Waals surface area contributed by atoms with Crippen LogP contribution in [-0.2, 0) is 6.42 Å². The third-order valence-electron chi connectivity index (χ3n) is 4.22. The van der Waals surface area contributed by atoms with Crippen molar-refractivity contribution in [3.8, 4) is 5.75 Å². The van der Waals surface area contributed by atoms with Crippen LogP contribution in [0.5, 0.6) is 5.75 Å². The minimum Gasteiger partial charge on any atom is -0.496 e. The Labute approximate surface area is 116 Å². The van der Waals surface area contributed by atoms with Gasteiger partial charge in [0.15, 0.2) is 0 Å². The Hall–Kier alpha value is -1.13. The zero-order valence-corrected chi connectivity index (χ0v) is 12.7. The van der Waals surface area contributed by atoms with E-state index in [-0.39, 0.29) is 17.9 Å². The quantitative estimate of drug-likeness (QED) is 0.824. The summed E-state index contributed by atoms with van der Waals surface area (Å²) in [6.07, 6.45) is 2.49. The molecule has 3 N–H and O–H groups in total. The molecule has 1 unspecified atom stereocenters. The molecule has 4 heteroatoms. The van der Waals surface area contributed by atoms with Crippen molar-refractivity contribution in [2.45, 2.75) is 34.1 Å². The molecule has 1 atom stereocenters. The Morgan fingerprint density at radius 1 is 1.42 bits per heavy atom. The highest BCUT2D eigenvalue weighted by Crippen LogP contribution is 2.33. The lowest BCUT2D eigenvalue weighted by Gasteiger charge is -2.35. The summed E-state index contributed by atoms with van der Waals surface area (Å²) in [5.41, 5.74) is 8.59. The molecule has 0 radical (unpaired) electrons. The van der Waals surface area contributed by atoms with Gasteiger partial charge in [-0.2, -0.15) is 0 Å². The normalized spacial score (nSPS) is 14.5. The lowest BCUT2D eigenvalue weighted by Crippen LogP contribution is -2.41. The van der Waals surface area contributed by atoms with Gasteiger partial charge in [0.05, 0.1) is 13.7 Å². The lowest BCUT2D eigenvalue weighted by atomic mass is 9.73. The fraction of sp³-hybridized carbons (Fsp3) is 0.667. The average molecular weight is 266 g/mol. The van der Waals surface area contributed by atoms with Gasteiger partial charge < -0.3 is 15.6 Å². The average Bonchev–Trinajstić information content (AvgIpc) is 2.39. The third kappa shape index (κ3) is 3.07. The van der Waals surface area contributed by atoms with Gasteiger partial charge in [-0.3, -0.25) is 4.98 Å². The molecule has 0 saturated carbocycles. The van der Waals surface area contributed by atoms with Crippen LogP contribution in [0.2, 0.25) is 0 Å². The van der Waals surface area contributed by atoms with Crippen molar-refractivity contribution < 1.29 is 9.84 Å². The van der Waals surface area contributed by atoms with Crippen LogP contribution in [-0.4, -0.2) is 30.4 Å². The predicted octanol–water partition coefficient (Wildman–Crippen LogP) is 1.84. The van der Waals surface area contributed by atoms with Crippen LogP contribution in [0.15, 0.2) is 6.20 Å². The van der Waals surface area contributed by atoms with Gasteiger partial charge in [-0.25, -0.2) is 0 Å². The molecular weight excluding hydrogens is 240 g/mol. The van der Waals surface area contributed by atoms with Gasteiger partial charge in [-0.15, -0.1) is 0 Å². The number of aromatic nitrogens is 1. The molecule has 0 aliphatic carbocycles. The maximum Gasteiger partial charge on any atom is 0.128 e. The van der Waals surface area contributed by atoms with E-state index < -0.39 is 0 Å². The summed E-state index contributed by atoms with van der Waals surface area (Å²) in [5, 5.41) is 9.74. The Morgan fingerprint density at radius 3 is 2.47 bits per heavy atom. The fourth-order valence-corrected chi connectivity index (χ4v) is 2.40. The zero-order valence-electron chi connectivity index (χ0n) is 12.7. The summed E-state index contributed by atoms with van der Waals surface area (Å²) in [5.74, 6) is 1.16. The van der Waals surface area contributed by atoms with E-state index in [2.05, 4.69) is 18.8 Å². The van der Waals surface area contributed by atoms with Gasteiger partial charge in [0.25, 0.3) is 0 Å². The van der Waals surface area contributed by atoms with Crippen LogP contribution < -0.4 is 10.5 Å². The molecule has 0 amide bonds. The number of nitrogens with two attached hydrogens (primary N) is 1. The molecule has 0 aliphatic heterocycles. The van der Waals surface area contributed by atoms with Crippen molar-refractivity contribution in [3.05, 3.63) is 23.0 Å². The van der Waals surface area contributed by atoms with E-state index in [1.807, 2.05) is 20.0 Å². The number of rotatable bonds is 6. The standard InChI is InChI=1S/C15H26N2O2/c1-10(2)15(8-16,9-18)6-13-12(4)14(19-5)11(3)7-17-13/h7,10,18H,6,8-9,16H2,1-5H3. The van der Waals surface area contributed by atoms with Gasteiger partial charge in [0, 0.05) is 35.0 Å². The molecule has 0 spiro atoms. The van der Waals surface area contributed by atoms with Gasteiger partial charge >= 0.3 is 0 Å². The van der Waals surface area contributed by atoms with Gasteiger partial charge in [-0.1, -0.05) is 13.8 Å². The minimum absolute atomic E-state index is 0.0679. The minimum atomic E-state index is -0.321. The van der Waals surface area contributed by atoms with Crippen molar-refractivity contribution in [1.82, 2.24) is 4.98 Å². The number of ether oxygens (including phenoxy) is 1. The predicted molar refractivity (Wildman–Crippen MR) is 77.4 cm³/mol. The van der Waals surface area contributed by atoms with Crippen molar-refractivity contribution in [2.75, 3.05) is 20.3 Å². The summed E-state index contributed by atoms with van der Waals surface area (Å²) in [6, 6.07) is 0. The van der Waals surface area contributed by atoms with Crippen LogP contribution >= 0.6 is 0 Å². The van der Waals surface area contributed by atoms with E-state index in [1.54, 1.807) is 7.11 Å². The van der Waals surface area contributed by atoms with E-state index >= 15 is 0 Å². The van der Waals surface area contributed by atoms with Gasteiger partial charge in [0.2, 0.25) is 0 Å². The maximum atomic E-state index is 9.74. The van der Waals surface area contributed by atoms with Crippen LogP contribution in [0.1, 0.15) is 30.7 Å². The second-order valence-electron chi connectivity index (χ2n) is 5.60. The molecule has 0 aliphatic rings. The molecule has 0 fully saturated rings. The third-order valence-corrected chi connectivity index (χ3v) is 4.22. The lowest BCUT2D eigenvalue weighted by molar-refractivity contribution is 0.0830. The van der Waals surface area contributed by atoms with Gasteiger partial charge in [0.1, 0.15) is 5.75 Å². The van der Waals surface area contributed by atoms with E-state index in [1.165, 1.54) is 0 Å². The molecule has 1 aromatic heterocycles. The zero-order chi connectivity index (χ0) is 14.6. The molecule has 0 bridgehead atoms. The van der Waals surface area contributed by atoms with E-state index in [4.69, 9.17) is 10.5 Å². The summed E-state index contributed by atoms with van der Waals surface area (Å²) in [4.78, 5) is 4.50. The molecule has 0 aromatic carbocycles. The van der Waals surface area contributed by atoms with Crippen molar-refractivity contribution in [1.29, 1.82) is 0 Å². The molecule has 19 heavy (non-hydrogen) atoms. The fourth-order valence-electron chi connectivity index (χ4n) is 2.40. The highest BCUT2D eigenvalue weighted by atomic mass is 16.5. The van der Waals surface area contributed by atoms with E-state index in [0.717, 1.165) is 22.6 Å². The van der Waals surface area contributed by atoms with E-state index in [0.29, 0.717) is 13.0 Å². The molecule has 1 aromatic rings. The number of aryl methyl sites for hydroxylation is 1.